The van der Waals surface area contributed by atoms with Crippen molar-refractivity contribution in [2.24, 2.45) is 0 Å². The van der Waals surface area contributed by atoms with Gasteiger partial charge in [-0.15, -0.1) is 11.3 Å². The van der Waals surface area contributed by atoms with Crippen LogP contribution in [-0.4, -0.2) is 55.1 Å². The van der Waals surface area contributed by atoms with E-state index in [1.165, 1.54) is 41.1 Å². The molecule has 0 amide bonds. The van der Waals surface area contributed by atoms with E-state index < -0.39 is 0 Å². The molecule has 3 heterocycles. The number of hydrogen-bond donors (Lipinski definition) is 1. The Bertz CT molecular complexity index is 629. The summed E-state index contributed by atoms with van der Waals surface area (Å²) in [5.74, 6) is 0. The SMILES string of the molecule is Clc1c(CN2CCN(C3CNC3)CC2)sc2ccccc12. The Morgan fingerprint density at radius 1 is 1.14 bits per heavy atom. The Morgan fingerprint density at radius 3 is 2.57 bits per heavy atom. The van der Waals surface area contributed by atoms with Gasteiger partial charge in [0, 0.05) is 66.8 Å². The molecular formula is C16H20ClN3S. The van der Waals surface area contributed by atoms with Crippen molar-refractivity contribution in [3.8, 4) is 0 Å². The third kappa shape index (κ3) is 2.71. The van der Waals surface area contributed by atoms with Crippen molar-refractivity contribution in [3.63, 3.8) is 0 Å². The molecule has 2 aliphatic heterocycles. The fourth-order valence-electron chi connectivity index (χ4n) is 3.19. The molecule has 3 nitrogen and oxygen atoms in total. The Morgan fingerprint density at radius 2 is 1.90 bits per heavy atom. The summed E-state index contributed by atoms with van der Waals surface area (Å²) in [6, 6.07) is 9.22. The second kappa shape index (κ2) is 5.86. The van der Waals surface area contributed by atoms with Crippen molar-refractivity contribution in [2.75, 3.05) is 39.3 Å². The zero-order valence-electron chi connectivity index (χ0n) is 12.0. The minimum atomic E-state index is 0.778. The average molecular weight is 322 g/mol. The summed E-state index contributed by atoms with van der Waals surface area (Å²) in [4.78, 5) is 6.48. The number of thiophene rings is 1. The van der Waals surface area contributed by atoms with Gasteiger partial charge in [0.25, 0.3) is 0 Å². The molecule has 0 radical (unpaired) electrons. The van der Waals surface area contributed by atoms with Gasteiger partial charge in [-0.3, -0.25) is 9.80 Å². The van der Waals surface area contributed by atoms with Crippen LogP contribution in [0.15, 0.2) is 24.3 Å². The quantitative estimate of drug-likeness (QED) is 0.937. The van der Waals surface area contributed by atoms with Crippen LogP contribution in [0, 0.1) is 0 Å². The van der Waals surface area contributed by atoms with Crippen molar-refractivity contribution in [1.82, 2.24) is 15.1 Å². The number of nitrogens with zero attached hydrogens (tertiary/aromatic N) is 2. The highest BCUT2D eigenvalue weighted by molar-refractivity contribution is 7.19. The molecular weight excluding hydrogens is 302 g/mol. The molecule has 0 unspecified atom stereocenters. The summed E-state index contributed by atoms with van der Waals surface area (Å²) in [6.45, 7) is 8.02. The molecule has 0 saturated carbocycles. The highest BCUT2D eigenvalue weighted by Crippen LogP contribution is 2.36. The zero-order valence-corrected chi connectivity index (χ0v) is 13.6. The van der Waals surface area contributed by atoms with Gasteiger partial charge in [-0.1, -0.05) is 29.8 Å². The van der Waals surface area contributed by atoms with Crippen LogP contribution in [0.4, 0.5) is 0 Å². The van der Waals surface area contributed by atoms with Gasteiger partial charge in [0.2, 0.25) is 0 Å². The third-order valence-corrected chi connectivity index (χ3v) is 6.35. The molecule has 1 N–H and O–H groups in total. The van der Waals surface area contributed by atoms with Crippen LogP contribution in [0.1, 0.15) is 4.88 Å². The average Bonchev–Trinajstić information content (AvgIpc) is 2.76. The van der Waals surface area contributed by atoms with E-state index in [4.69, 9.17) is 11.6 Å². The number of piperazine rings is 1. The molecule has 2 aliphatic rings. The first-order chi connectivity index (χ1) is 10.3. The number of benzene rings is 1. The molecule has 0 spiro atoms. The Hall–Kier alpha value is -0.650. The first-order valence-corrected chi connectivity index (χ1v) is 8.84. The van der Waals surface area contributed by atoms with Gasteiger partial charge < -0.3 is 5.32 Å². The van der Waals surface area contributed by atoms with E-state index in [0.29, 0.717) is 0 Å². The van der Waals surface area contributed by atoms with Crippen molar-refractivity contribution in [1.29, 1.82) is 0 Å². The summed E-state index contributed by atoms with van der Waals surface area (Å²) in [5, 5.41) is 5.53. The van der Waals surface area contributed by atoms with Crippen LogP contribution in [0.5, 0.6) is 0 Å². The summed E-state index contributed by atoms with van der Waals surface area (Å²) >= 11 is 8.40. The van der Waals surface area contributed by atoms with Crippen molar-refractivity contribution >= 4 is 33.0 Å². The number of nitrogens with one attached hydrogen (secondary N) is 1. The van der Waals surface area contributed by atoms with Crippen LogP contribution in [0.25, 0.3) is 10.1 Å². The third-order valence-electron chi connectivity index (χ3n) is 4.65. The number of fused-ring (bicyclic) bond motifs is 1. The van der Waals surface area contributed by atoms with E-state index in [-0.39, 0.29) is 0 Å². The van der Waals surface area contributed by atoms with Gasteiger partial charge in [-0.05, 0) is 6.07 Å². The molecule has 2 saturated heterocycles. The van der Waals surface area contributed by atoms with Gasteiger partial charge >= 0.3 is 0 Å². The van der Waals surface area contributed by atoms with E-state index in [1.807, 2.05) is 11.3 Å². The second-order valence-electron chi connectivity index (χ2n) is 5.96. The monoisotopic (exact) mass is 321 g/mol. The lowest BCUT2D eigenvalue weighted by atomic mass is 10.1. The van der Waals surface area contributed by atoms with Gasteiger partial charge in [-0.25, -0.2) is 0 Å². The predicted octanol–water partition coefficient (Wildman–Crippen LogP) is 2.64. The lowest BCUT2D eigenvalue weighted by Gasteiger charge is -2.43. The summed E-state index contributed by atoms with van der Waals surface area (Å²) in [5.41, 5.74) is 0. The van der Waals surface area contributed by atoms with Crippen LogP contribution in [0.2, 0.25) is 5.02 Å². The fourth-order valence-corrected chi connectivity index (χ4v) is 4.72. The summed E-state index contributed by atoms with van der Waals surface area (Å²) in [7, 11) is 0. The lowest BCUT2D eigenvalue weighted by molar-refractivity contribution is 0.0700. The number of rotatable bonds is 3. The van der Waals surface area contributed by atoms with E-state index in [2.05, 4.69) is 39.4 Å². The maximum atomic E-state index is 6.55. The number of halogens is 1. The van der Waals surface area contributed by atoms with Crippen molar-refractivity contribution < 1.29 is 0 Å². The Labute approximate surface area is 134 Å². The highest BCUT2D eigenvalue weighted by Gasteiger charge is 2.28. The van der Waals surface area contributed by atoms with E-state index >= 15 is 0 Å². The normalized spacial score (nSPS) is 21.8. The first kappa shape index (κ1) is 14.0. The maximum Gasteiger partial charge on any atom is 0.0637 e. The zero-order chi connectivity index (χ0) is 14.2. The molecule has 112 valence electrons. The molecule has 21 heavy (non-hydrogen) atoms. The summed E-state index contributed by atoms with van der Waals surface area (Å²) in [6.07, 6.45) is 0. The van der Waals surface area contributed by atoms with Crippen molar-refractivity contribution in [2.45, 2.75) is 12.6 Å². The Kier molecular flexibility index (Phi) is 3.90. The van der Waals surface area contributed by atoms with Crippen LogP contribution in [0.3, 0.4) is 0 Å². The topological polar surface area (TPSA) is 18.5 Å². The van der Waals surface area contributed by atoms with Crippen molar-refractivity contribution in [3.05, 3.63) is 34.2 Å². The van der Waals surface area contributed by atoms with Gasteiger partial charge in [0.15, 0.2) is 0 Å². The summed E-state index contributed by atoms with van der Waals surface area (Å²) < 4.78 is 1.30. The smallest absolute Gasteiger partial charge is 0.0637 e. The fraction of sp³-hybridized carbons (Fsp3) is 0.500. The van der Waals surface area contributed by atoms with Crippen LogP contribution >= 0.6 is 22.9 Å². The van der Waals surface area contributed by atoms with Crippen LogP contribution < -0.4 is 5.32 Å². The minimum absolute atomic E-state index is 0.778. The van der Waals surface area contributed by atoms with E-state index in [0.717, 1.165) is 30.7 Å². The first-order valence-electron chi connectivity index (χ1n) is 7.64. The lowest BCUT2D eigenvalue weighted by Crippen LogP contribution is -2.61. The molecule has 2 fully saturated rings. The van der Waals surface area contributed by atoms with Crippen LogP contribution in [-0.2, 0) is 6.54 Å². The largest absolute Gasteiger partial charge is 0.314 e. The maximum absolute atomic E-state index is 6.55. The Balaban J connectivity index is 1.42. The highest BCUT2D eigenvalue weighted by atomic mass is 35.5. The van der Waals surface area contributed by atoms with E-state index in [1.54, 1.807) is 0 Å². The molecule has 1 aromatic carbocycles. The molecule has 0 atom stereocenters. The number of hydrogen-bond acceptors (Lipinski definition) is 4. The predicted molar refractivity (Wildman–Crippen MR) is 90.3 cm³/mol. The molecule has 0 bridgehead atoms. The van der Waals surface area contributed by atoms with Gasteiger partial charge in [-0.2, -0.15) is 0 Å². The molecule has 1 aromatic heterocycles. The standard InChI is InChI=1S/C16H20ClN3S/c17-16-13-3-1-2-4-14(13)21-15(16)11-19-5-7-20(8-6-19)12-9-18-10-12/h1-4,12,18H,5-11H2. The minimum Gasteiger partial charge on any atom is -0.314 e. The molecule has 2 aromatic rings. The molecule has 5 heteroatoms. The van der Waals surface area contributed by atoms with E-state index in [9.17, 15) is 0 Å². The molecule has 4 rings (SSSR count). The second-order valence-corrected chi connectivity index (χ2v) is 7.47. The van der Waals surface area contributed by atoms with Gasteiger partial charge in [0.1, 0.15) is 0 Å². The van der Waals surface area contributed by atoms with Gasteiger partial charge in [0.05, 0.1) is 5.02 Å². The molecule has 0 aliphatic carbocycles.